The molecule has 0 aliphatic rings. The number of amides is 1. The number of hydrogen-bond acceptors (Lipinski definition) is 4. The van der Waals surface area contributed by atoms with Gasteiger partial charge in [0.05, 0.1) is 21.9 Å². The van der Waals surface area contributed by atoms with E-state index in [1.807, 2.05) is 0 Å². The normalized spacial score (nSPS) is 11.6. The predicted octanol–water partition coefficient (Wildman–Crippen LogP) is 5.20. The highest BCUT2D eigenvalue weighted by atomic mass is 32.2. The molecule has 2 aromatic heterocycles. The van der Waals surface area contributed by atoms with Crippen LogP contribution in [0.3, 0.4) is 0 Å². The molecule has 0 atom stereocenters. The van der Waals surface area contributed by atoms with Crippen LogP contribution in [0.1, 0.15) is 16.1 Å². The molecule has 5 aromatic rings. The van der Waals surface area contributed by atoms with Crippen molar-refractivity contribution in [2.75, 3.05) is 5.32 Å². The van der Waals surface area contributed by atoms with Crippen LogP contribution in [-0.2, 0) is 15.6 Å². The lowest BCUT2D eigenvalue weighted by atomic mass is 10.2. The van der Waals surface area contributed by atoms with E-state index in [1.54, 1.807) is 12.1 Å². The Morgan fingerprint density at radius 3 is 2.42 bits per heavy atom. The fourth-order valence-electron chi connectivity index (χ4n) is 3.77. The van der Waals surface area contributed by atoms with Crippen molar-refractivity contribution in [3.05, 3.63) is 102 Å². The average Bonchev–Trinajstić information content (AvgIpc) is 3.48. The second-order valence-corrected chi connectivity index (χ2v) is 9.98. The Kier molecular flexibility index (Phi) is 5.84. The molecule has 0 spiro atoms. The summed E-state index contributed by atoms with van der Waals surface area (Å²) in [7, 11) is -4.10. The molecule has 0 saturated heterocycles. The highest BCUT2D eigenvalue weighted by Gasteiger charge is 2.22. The molecule has 11 heteroatoms. The van der Waals surface area contributed by atoms with Gasteiger partial charge in [-0.15, -0.1) is 0 Å². The summed E-state index contributed by atoms with van der Waals surface area (Å²) in [5.41, 5.74) is 1.18. The Morgan fingerprint density at radius 1 is 0.917 bits per heavy atom. The summed E-state index contributed by atoms with van der Waals surface area (Å²) in [4.78, 5) is 15.3. The van der Waals surface area contributed by atoms with Gasteiger partial charge in [0, 0.05) is 16.6 Å². The number of anilines is 1. The second kappa shape index (κ2) is 9.00. The molecule has 3 aromatic carbocycles. The van der Waals surface area contributed by atoms with Crippen molar-refractivity contribution in [2.45, 2.75) is 10.6 Å². The van der Waals surface area contributed by atoms with Crippen LogP contribution < -0.4 is 5.32 Å². The predicted molar refractivity (Wildman–Crippen MR) is 127 cm³/mol. The van der Waals surface area contributed by atoms with Gasteiger partial charge in [0.2, 0.25) is 0 Å². The van der Waals surface area contributed by atoms with Gasteiger partial charge in [0.15, 0.2) is 9.84 Å². The Bertz CT molecular complexity index is 1710. The van der Waals surface area contributed by atoms with Crippen LogP contribution in [0.4, 0.5) is 18.9 Å². The highest BCUT2D eigenvalue weighted by molar-refractivity contribution is 7.90. The molecule has 36 heavy (non-hydrogen) atoms. The highest BCUT2D eigenvalue weighted by Crippen LogP contribution is 2.30. The van der Waals surface area contributed by atoms with Gasteiger partial charge >= 0.3 is 0 Å². The number of carbonyl (C=O) groups is 1. The minimum Gasteiger partial charge on any atom is -0.349 e. The number of H-pyrrole nitrogens is 2. The van der Waals surface area contributed by atoms with Crippen molar-refractivity contribution in [2.24, 2.45) is 0 Å². The molecule has 0 aliphatic heterocycles. The maximum Gasteiger partial charge on any atom is 0.272 e. The van der Waals surface area contributed by atoms with E-state index in [-0.39, 0.29) is 16.3 Å². The van der Waals surface area contributed by atoms with E-state index < -0.39 is 44.5 Å². The van der Waals surface area contributed by atoms with E-state index in [4.69, 9.17) is 0 Å². The number of sulfone groups is 1. The van der Waals surface area contributed by atoms with Crippen LogP contribution in [0.2, 0.25) is 0 Å². The van der Waals surface area contributed by atoms with Crippen LogP contribution in [0, 0.1) is 17.5 Å². The number of halogens is 3. The van der Waals surface area contributed by atoms with Gasteiger partial charge in [-0.25, -0.2) is 21.6 Å². The quantitative estimate of drug-likeness (QED) is 0.292. The zero-order valence-electron chi connectivity index (χ0n) is 18.3. The van der Waals surface area contributed by atoms with Gasteiger partial charge in [-0.1, -0.05) is 12.1 Å². The Hall–Kier alpha value is -4.38. The lowest BCUT2D eigenvalue weighted by Gasteiger charge is -2.07. The van der Waals surface area contributed by atoms with Crippen LogP contribution in [0.5, 0.6) is 0 Å². The maximum atomic E-state index is 14.0. The molecule has 0 unspecified atom stereocenters. The lowest BCUT2D eigenvalue weighted by molar-refractivity contribution is 0.102. The van der Waals surface area contributed by atoms with E-state index in [2.05, 4.69) is 20.5 Å². The van der Waals surface area contributed by atoms with Crippen LogP contribution in [-0.4, -0.2) is 29.5 Å². The molecule has 5 rings (SSSR count). The standard InChI is InChI=1S/C25H17F3N4O3S/c26-14-3-1-4-15(11-14)29-25(33)23-10-9-22(30-23)24-17-12-16(7-8-21(17)31-32-24)36(34,35)13-18-19(27)5-2-6-20(18)28/h1-12,30H,13H2,(H,29,33)(H,31,32). The van der Waals surface area contributed by atoms with Gasteiger partial charge in [0.25, 0.3) is 5.91 Å². The van der Waals surface area contributed by atoms with Gasteiger partial charge in [-0.2, -0.15) is 5.10 Å². The molecular weight excluding hydrogens is 493 g/mol. The molecule has 1 amide bonds. The molecule has 0 saturated carbocycles. The number of nitrogens with one attached hydrogen (secondary N) is 3. The number of carbonyl (C=O) groups excluding carboxylic acids is 1. The number of fused-ring (bicyclic) bond motifs is 1. The number of rotatable bonds is 6. The summed E-state index contributed by atoms with van der Waals surface area (Å²) < 4.78 is 67.4. The molecule has 0 aliphatic carbocycles. The zero-order valence-corrected chi connectivity index (χ0v) is 19.2. The van der Waals surface area contributed by atoms with E-state index in [1.165, 1.54) is 42.5 Å². The van der Waals surface area contributed by atoms with Gasteiger partial charge in [-0.05, 0) is 60.7 Å². The van der Waals surface area contributed by atoms with Gasteiger partial charge in [-0.3, -0.25) is 9.89 Å². The average molecular weight is 510 g/mol. The third-order valence-corrected chi connectivity index (χ3v) is 7.20. The third kappa shape index (κ3) is 4.48. The van der Waals surface area contributed by atoms with Crippen molar-refractivity contribution in [1.29, 1.82) is 0 Å². The number of benzene rings is 3. The molecule has 7 nitrogen and oxygen atoms in total. The monoisotopic (exact) mass is 510 g/mol. The number of nitrogens with zero attached hydrogens (tertiary/aromatic N) is 1. The first kappa shape index (κ1) is 23.4. The summed E-state index contributed by atoms with van der Waals surface area (Å²) in [6.45, 7) is 0. The second-order valence-electron chi connectivity index (χ2n) is 7.99. The molecule has 0 radical (unpaired) electrons. The van der Waals surface area contributed by atoms with Crippen LogP contribution >= 0.6 is 0 Å². The molecule has 0 fully saturated rings. The maximum absolute atomic E-state index is 14.0. The van der Waals surface area contributed by atoms with Crippen LogP contribution in [0.25, 0.3) is 22.3 Å². The van der Waals surface area contributed by atoms with E-state index in [0.29, 0.717) is 22.3 Å². The summed E-state index contributed by atoms with van der Waals surface area (Å²) in [5, 5.41) is 10.0. The molecule has 3 N–H and O–H groups in total. The molecular formula is C25H17F3N4O3S. The fraction of sp³-hybridized carbons (Fsp3) is 0.0400. The minimum absolute atomic E-state index is 0.143. The summed E-state index contributed by atoms with van der Waals surface area (Å²) in [6, 6.07) is 15.9. The SMILES string of the molecule is O=C(Nc1cccc(F)c1)c1ccc(-c2n[nH]c3ccc(S(=O)(=O)Cc4c(F)cccc4F)cc23)[nH]1. The smallest absolute Gasteiger partial charge is 0.272 e. The van der Waals surface area contributed by atoms with Gasteiger partial charge in [0.1, 0.15) is 28.8 Å². The first-order chi connectivity index (χ1) is 17.2. The van der Waals surface area contributed by atoms with Crippen molar-refractivity contribution in [3.8, 4) is 11.4 Å². The van der Waals surface area contributed by atoms with Crippen molar-refractivity contribution in [1.82, 2.24) is 15.2 Å². The van der Waals surface area contributed by atoms with Crippen molar-refractivity contribution >= 4 is 32.3 Å². The number of hydrogen-bond donors (Lipinski definition) is 3. The topological polar surface area (TPSA) is 108 Å². The molecule has 182 valence electrons. The molecule has 2 heterocycles. The summed E-state index contributed by atoms with van der Waals surface area (Å²) in [6.07, 6.45) is 0. The van der Waals surface area contributed by atoms with E-state index >= 15 is 0 Å². The van der Waals surface area contributed by atoms with E-state index in [9.17, 15) is 26.4 Å². The number of aromatic amines is 2. The first-order valence-corrected chi connectivity index (χ1v) is 12.3. The zero-order chi connectivity index (χ0) is 25.4. The third-order valence-electron chi connectivity index (χ3n) is 5.56. The fourth-order valence-corrected chi connectivity index (χ4v) is 5.16. The van der Waals surface area contributed by atoms with Crippen molar-refractivity contribution in [3.63, 3.8) is 0 Å². The minimum atomic E-state index is -4.10. The van der Waals surface area contributed by atoms with Gasteiger partial charge < -0.3 is 10.3 Å². The lowest BCUT2D eigenvalue weighted by Crippen LogP contribution is -2.12. The first-order valence-electron chi connectivity index (χ1n) is 10.6. The Morgan fingerprint density at radius 2 is 1.67 bits per heavy atom. The Balaban J connectivity index is 1.45. The largest absolute Gasteiger partial charge is 0.349 e. The Labute approximate surface area is 202 Å². The van der Waals surface area contributed by atoms with E-state index in [0.717, 1.165) is 18.2 Å². The van der Waals surface area contributed by atoms with Crippen molar-refractivity contribution < 1.29 is 26.4 Å². The van der Waals surface area contributed by atoms with Crippen LogP contribution in [0.15, 0.2) is 77.7 Å². The number of aromatic nitrogens is 3. The molecule has 0 bridgehead atoms. The summed E-state index contributed by atoms with van der Waals surface area (Å²) >= 11 is 0. The summed E-state index contributed by atoms with van der Waals surface area (Å²) in [5.74, 6) is -3.75.